The van der Waals surface area contributed by atoms with Crippen LogP contribution in [0.3, 0.4) is 0 Å². The van der Waals surface area contributed by atoms with E-state index in [-0.39, 0.29) is 18.5 Å². The van der Waals surface area contributed by atoms with Crippen molar-refractivity contribution in [3.8, 4) is 0 Å². The molecule has 104 valence electrons. The number of ether oxygens (including phenoxy) is 1. The van der Waals surface area contributed by atoms with Gasteiger partial charge in [-0.05, 0) is 36.8 Å². The van der Waals surface area contributed by atoms with Crippen LogP contribution in [0.15, 0.2) is 11.4 Å². The summed E-state index contributed by atoms with van der Waals surface area (Å²) in [5.74, 6) is -1.16. The van der Waals surface area contributed by atoms with Crippen molar-refractivity contribution in [2.24, 2.45) is 0 Å². The van der Waals surface area contributed by atoms with E-state index in [0.717, 1.165) is 5.56 Å². The fourth-order valence-electron chi connectivity index (χ4n) is 2.23. The van der Waals surface area contributed by atoms with Gasteiger partial charge < -0.3 is 14.7 Å². The van der Waals surface area contributed by atoms with E-state index in [9.17, 15) is 9.59 Å². The highest BCUT2D eigenvalue weighted by Gasteiger charge is 2.29. The Hall–Kier alpha value is -1.40. The normalized spacial score (nSPS) is 16.3. The van der Waals surface area contributed by atoms with Crippen molar-refractivity contribution in [1.82, 2.24) is 4.90 Å². The lowest BCUT2D eigenvalue weighted by atomic mass is 10.1. The summed E-state index contributed by atoms with van der Waals surface area (Å²) in [6.45, 7) is 2.78. The predicted octanol–water partition coefficient (Wildman–Crippen LogP) is 1.76. The third-order valence-electron chi connectivity index (χ3n) is 3.25. The molecule has 1 aromatic rings. The average molecular weight is 283 g/mol. The smallest absolute Gasteiger partial charge is 0.323 e. The molecular formula is C13H17NO4S. The molecule has 0 unspecified atom stereocenters. The molecule has 0 aliphatic carbocycles. The Labute approximate surface area is 115 Å². The molecule has 1 amide bonds. The Morgan fingerprint density at radius 3 is 2.68 bits per heavy atom. The topological polar surface area (TPSA) is 66.8 Å². The first-order valence-corrected chi connectivity index (χ1v) is 7.12. The lowest BCUT2D eigenvalue weighted by Gasteiger charge is -2.33. The Bertz CT molecular complexity index is 465. The maximum atomic E-state index is 12.5. The third kappa shape index (κ3) is 3.33. The lowest BCUT2D eigenvalue weighted by molar-refractivity contribution is -0.138. The van der Waals surface area contributed by atoms with Crippen LogP contribution in [0.25, 0.3) is 0 Å². The molecular weight excluding hydrogens is 266 g/mol. The average Bonchev–Trinajstić information content (AvgIpc) is 2.82. The van der Waals surface area contributed by atoms with Gasteiger partial charge in [0.1, 0.15) is 6.54 Å². The van der Waals surface area contributed by atoms with Crippen molar-refractivity contribution < 1.29 is 19.4 Å². The number of nitrogens with zero attached hydrogens (tertiary/aromatic N) is 1. The molecule has 0 bridgehead atoms. The van der Waals surface area contributed by atoms with E-state index < -0.39 is 5.97 Å². The van der Waals surface area contributed by atoms with Crippen LogP contribution in [0.1, 0.15) is 28.1 Å². The SMILES string of the molecule is Cc1ccsc1C(=O)N(CC(=O)O)C1CCOCC1. The van der Waals surface area contributed by atoms with Crippen LogP contribution >= 0.6 is 11.3 Å². The number of carbonyl (C=O) groups excluding carboxylic acids is 1. The predicted molar refractivity (Wildman–Crippen MR) is 71.6 cm³/mol. The van der Waals surface area contributed by atoms with Crippen molar-refractivity contribution in [3.63, 3.8) is 0 Å². The van der Waals surface area contributed by atoms with E-state index in [1.54, 1.807) is 0 Å². The number of carboxylic acid groups (broad SMARTS) is 1. The zero-order valence-electron chi connectivity index (χ0n) is 10.8. The van der Waals surface area contributed by atoms with Crippen molar-refractivity contribution >= 4 is 23.2 Å². The molecule has 19 heavy (non-hydrogen) atoms. The number of carboxylic acids is 1. The number of rotatable bonds is 4. The summed E-state index contributed by atoms with van der Waals surface area (Å²) in [6.07, 6.45) is 1.40. The van der Waals surface area contributed by atoms with E-state index >= 15 is 0 Å². The highest BCUT2D eigenvalue weighted by atomic mass is 32.1. The zero-order valence-corrected chi connectivity index (χ0v) is 11.6. The van der Waals surface area contributed by atoms with E-state index in [0.29, 0.717) is 30.9 Å². The summed E-state index contributed by atoms with van der Waals surface area (Å²) in [5, 5.41) is 10.9. The summed E-state index contributed by atoms with van der Waals surface area (Å²) < 4.78 is 5.27. The fourth-order valence-corrected chi connectivity index (χ4v) is 3.11. The summed E-state index contributed by atoms with van der Waals surface area (Å²) in [6, 6.07) is 1.83. The number of thiophene rings is 1. The highest BCUT2D eigenvalue weighted by molar-refractivity contribution is 7.12. The highest BCUT2D eigenvalue weighted by Crippen LogP contribution is 2.22. The minimum absolute atomic E-state index is 0.0427. The van der Waals surface area contributed by atoms with Crippen molar-refractivity contribution in [2.45, 2.75) is 25.8 Å². The molecule has 5 nitrogen and oxygen atoms in total. The van der Waals surface area contributed by atoms with Crippen LogP contribution in [-0.2, 0) is 9.53 Å². The second kappa shape index (κ2) is 6.16. The molecule has 0 radical (unpaired) electrons. The molecule has 2 rings (SSSR count). The van der Waals surface area contributed by atoms with E-state index in [2.05, 4.69) is 0 Å². The molecule has 0 saturated carbocycles. The Kier molecular flexibility index (Phi) is 4.55. The Balaban J connectivity index is 2.19. The zero-order chi connectivity index (χ0) is 13.8. The van der Waals surface area contributed by atoms with E-state index in [4.69, 9.17) is 9.84 Å². The molecule has 1 aliphatic rings. The van der Waals surface area contributed by atoms with Gasteiger partial charge in [-0.2, -0.15) is 0 Å². The summed E-state index contributed by atoms with van der Waals surface area (Å²) in [7, 11) is 0. The molecule has 1 aromatic heterocycles. The Morgan fingerprint density at radius 1 is 1.47 bits per heavy atom. The van der Waals surface area contributed by atoms with Gasteiger partial charge in [0.2, 0.25) is 0 Å². The van der Waals surface area contributed by atoms with Crippen LogP contribution in [0.4, 0.5) is 0 Å². The third-order valence-corrected chi connectivity index (χ3v) is 4.26. The second-order valence-electron chi connectivity index (χ2n) is 4.60. The number of carbonyl (C=O) groups is 2. The van der Waals surface area contributed by atoms with Gasteiger partial charge >= 0.3 is 5.97 Å². The molecule has 1 N–H and O–H groups in total. The maximum Gasteiger partial charge on any atom is 0.323 e. The monoisotopic (exact) mass is 283 g/mol. The molecule has 1 saturated heterocycles. The van der Waals surface area contributed by atoms with Gasteiger partial charge in [0.25, 0.3) is 5.91 Å². The molecule has 1 aliphatic heterocycles. The Morgan fingerprint density at radius 2 is 2.16 bits per heavy atom. The van der Waals surface area contributed by atoms with Crippen molar-refractivity contribution in [3.05, 3.63) is 21.9 Å². The minimum Gasteiger partial charge on any atom is -0.480 e. The van der Waals surface area contributed by atoms with Gasteiger partial charge in [-0.1, -0.05) is 0 Å². The van der Waals surface area contributed by atoms with Gasteiger partial charge in [-0.25, -0.2) is 0 Å². The van der Waals surface area contributed by atoms with Crippen molar-refractivity contribution in [2.75, 3.05) is 19.8 Å². The summed E-state index contributed by atoms with van der Waals surface area (Å²) >= 11 is 1.36. The van der Waals surface area contributed by atoms with Gasteiger partial charge in [0.15, 0.2) is 0 Å². The number of hydrogen-bond acceptors (Lipinski definition) is 4. The molecule has 0 aromatic carbocycles. The minimum atomic E-state index is -0.978. The molecule has 6 heteroatoms. The first kappa shape index (κ1) is 14.0. The second-order valence-corrected chi connectivity index (χ2v) is 5.52. The van der Waals surface area contributed by atoms with Crippen LogP contribution in [-0.4, -0.2) is 47.7 Å². The standard InChI is InChI=1S/C13H17NO4S/c1-9-4-7-19-12(9)13(17)14(8-11(15)16)10-2-5-18-6-3-10/h4,7,10H,2-3,5-6,8H2,1H3,(H,15,16). The molecule has 1 fully saturated rings. The maximum absolute atomic E-state index is 12.5. The van der Waals surface area contributed by atoms with Crippen LogP contribution in [0, 0.1) is 6.92 Å². The van der Waals surface area contributed by atoms with E-state index in [1.807, 2.05) is 18.4 Å². The lowest BCUT2D eigenvalue weighted by Crippen LogP contribution is -2.46. The first-order valence-electron chi connectivity index (χ1n) is 6.24. The number of aliphatic carboxylic acids is 1. The van der Waals surface area contributed by atoms with Gasteiger partial charge in [0.05, 0.1) is 4.88 Å². The molecule has 0 spiro atoms. The summed E-state index contributed by atoms with van der Waals surface area (Å²) in [5.41, 5.74) is 0.900. The summed E-state index contributed by atoms with van der Waals surface area (Å²) in [4.78, 5) is 25.6. The quantitative estimate of drug-likeness (QED) is 0.914. The fraction of sp³-hybridized carbons (Fsp3) is 0.538. The van der Waals surface area contributed by atoms with Crippen LogP contribution in [0.2, 0.25) is 0 Å². The van der Waals surface area contributed by atoms with Crippen molar-refractivity contribution in [1.29, 1.82) is 0 Å². The van der Waals surface area contributed by atoms with E-state index in [1.165, 1.54) is 16.2 Å². The van der Waals surface area contributed by atoms with Gasteiger partial charge in [0, 0.05) is 19.3 Å². The molecule has 0 atom stereocenters. The van der Waals surface area contributed by atoms with Crippen LogP contribution in [0.5, 0.6) is 0 Å². The number of amides is 1. The molecule has 2 heterocycles. The van der Waals surface area contributed by atoms with Gasteiger partial charge in [-0.15, -0.1) is 11.3 Å². The number of hydrogen-bond donors (Lipinski definition) is 1. The first-order chi connectivity index (χ1) is 9.09. The largest absolute Gasteiger partial charge is 0.480 e. The number of aryl methyl sites for hydroxylation is 1. The van der Waals surface area contributed by atoms with Gasteiger partial charge in [-0.3, -0.25) is 9.59 Å². The van der Waals surface area contributed by atoms with Crippen LogP contribution < -0.4 is 0 Å².